The van der Waals surface area contributed by atoms with Gasteiger partial charge < -0.3 is 10.1 Å². The third-order valence-electron chi connectivity index (χ3n) is 5.53. The smallest absolute Gasteiger partial charge is 0.316 e. The maximum atomic E-state index is 12.7. The van der Waals surface area contributed by atoms with Crippen LogP contribution in [0.15, 0.2) is 32.9 Å². The number of halogens is 1. The van der Waals surface area contributed by atoms with Crippen LogP contribution in [0.25, 0.3) is 10.9 Å². The van der Waals surface area contributed by atoms with Crippen molar-refractivity contribution in [1.29, 1.82) is 0 Å². The third-order valence-corrected chi connectivity index (χ3v) is 6.02. The van der Waals surface area contributed by atoms with Crippen molar-refractivity contribution in [3.05, 3.63) is 39.6 Å². The van der Waals surface area contributed by atoms with E-state index < -0.39 is 5.91 Å². The molecule has 2 aromatic heterocycles. The van der Waals surface area contributed by atoms with Crippen LogP contribution in [0.4, 0.5) is 5.69 Å². The summed E-state index contributed by atoms with van der Waals surface area (Å²) in [5.74, 6) is -0.145. The zero-order valence-corrected chi connectivity index (χ0v) is 17.6. The number of nitrogens with one attached hydrogen (secondary N) is 2. The standard InChI is InChI=1S/C20H22BrN5O2/c1-20(2,3)10-4-6-15-12(8-10)17(24-23-15)19(28)26-25-16-13-9-11(21)5-7-14(13)22-18(16)27/h5,7,9-10,22,27H,4,6,8H2,1-3H3,(H,23,24)/t10-/m1/s1. The Morgan fingerprint density at radius 3 is 2.89 bits per heavy atom. The van der Waals surface area contributed by atoms with Gasteiger partial charge in [-0.1, -0.05) is 36.7 Å². The van der Waals surface area contributed by atoms with Gasteiger partial charge in [-0.25, -0.2) is 0 Å². The molecule has 1 atom stereocenters. The van der Waals surface area contributed by atoms with Gasteiger partial charge >= 0.3 is 5.91 Å². The summed E-state index contributed by atoms with van der Waals surface area (Å²) in [6.07, 6.45) is 2.76. The second-order valence-corrected chi connectivity index (χ2v) is 9.27. The second-order valence-electron chi connectivity index (χ2n) is 8.35. The highest BCUT2D eigenvalue weighted by Gasteiger charge is 2.32. The Morgan fingerprint density at radius 2 is 2.14 bits per heavy atom. The van der Waals surface area contributed by atoms with Gasteiger partial charge in [0.1, 0.15) is 0 Å². The molecule has 1 aromatic carbocycles. The number of amides is 1. The fourth-order valence-electron chi connectivity index (χ4n) is 3.79. The summed E-state index contributed by atoms with van der Waals surface area (Å²) in [4.78, 5) is 15.5. The highest BCUT2D eigenvalue weighted by atomic mass is 79.9. The van der Waals surface area contributed by atoms with Crippen molar-refractivity contribution in [2.24, 2.45) is 21.6 Å². The Bertz CT molecular complexity index is 1090. The number of hydrogen-bond donors (Lipinski definition) is 3. The number of hydrogen-bond acceptors (Lipinski definition) is 4. The SMILES string of the molecule is CC(C)(C)[C@@H]1CCc2[nH]nc(C(=O)N=Nc3c(O)[nH]c4ccc(Br)cc34)c2C1. The number of aryl methyl sites for hydroxylation is 1. The van der Waals surface area contributed by atoms with Crippen LogP contribution in [0.2, 0.25) is 0 Å². The number of benzene rings is 1. The molecule has 0 spiro atoms. The van der Waals surface area contributed by atoms with Gasteiger partial charge in [-0.15, -0.1) is 10.2 Å². The van der Waals surface area contributed by atoms with Crippen molar-refractivity contribution in [3.8, 4) is 5.88 Å². The van der Waals surface area contributed by atoms with E-state index in [2.05, 4.69) is 62.1 Å². The molecule has 0 saturated heterocycles. The summed E-state index contributed by atoms with van der Waals surface area (Å²) >= 11 is 3.40. The molecule has 1 amide bonds. The van der Waals surface area contributed by atoms with Crippen LogP contribution in [-0.4, -0.2) is 26.2 Å². The molecule has 28 heavy (non-hydrogen) atoms. The molecule has 3 aromatic rings. The lowest BCUT2D eigenvalue weighted by atomic mass is 9.71. The largest absolute Gasteiger partial charge is 0.493 e. The van der Waals surface area contributed by atoms with Crippen LogP contribution in [0.3, 0.4) is 0 Å². The van der Waals surface area contributed by atoms with E-state index >= 15 is 0 Å². The first kappa shape index (κ1) is 18.9. The Morgan fingerprint density at radius 1 is 1.36 bits per heavy atom. The minimum absolute atomic E-state index is 0.124. The van der Waals surface area contributed by atoms with Crippen molar-refractivity contribution in [2.45, 2.75) is 40.0 Å². The first-order valence-electron chi connectivity index (χ1n) is 9.26. The molecule has 0 bridgehead atoms. The summed E-state index contributed by atoms with van der Waals surface area (Å²) < 4.78 is 0.844. The predicted molar refractivity (Wildman–Crippen MR) is 110 cm³/mol. The lowest BCUT2D eigenvalue weighted by Crippen LogP contribution is -2.27. The lowest BCUT2D eigenvalue weighted by Gasteiger charge is -2.33. The summed E-state index contributed by atoms with van der Waals surface area (Å²) in [6, 6.07) is 5.48. The molecule has 1 aliphatic rings. The van der Waals surface area contributed by atoms with E-state index in [-0.39, 0.29) is 17.0 Å². The van der Waals surface area contributed by atoms with Crippen molar-refractivity contribution < 1.29 is 9.90 Å². The van der Waals surface area contributed by atoms with E-state index in [1.165, 1.54) is 0 Å². The number of aromatic hydroxyl groups is 1. The average Bonchev–Trinajstić information content (AvgIpc) is 3.19. The number of fused-ring (bicyclic) bond motifs is 2. The highest BCUT2D eigenvalue weighted by Crippen LogP contribution is 2.39. The molecule has 0 fully saturated rings. The first-order chi connectivity index (χ1) is 13.2. The molecule has 3 N–H and O–H groups in total. The first-order valence-corrected chi connectivity index (χ1v) is 10.1. The molecule has 4 rings (SSSR count). The lowest BCUT2D eigenvalue weighted by molar-refractivity contribution is 0.0988. The van der Waals surface area contributed by atoms with E-state index in [0.29, 0.717) is 22.5 Å². The minimum Gasteiger partial charge on any atom is -0.493 e. The molecule has 146 valence electrons. The fourth-order valence-corrected chi connectivity index (χ4v) is 4.15. The summed E-state index contributed by atoms with van der Waals surface area (Å²) in [5, 5.41) is 25.9. The van der Waals surface area contributed by atoms with Crippen LogP contribution >= 0.6 is 15.9 Å². The summed E-state index contributed by atoms with van der Waals surface area (Å²) in [6.45, 7) is 6.67. The van der Waals surface area contributed by atoms with Crippen molar-refractivity contribution >= 4 is 38.4 Å². The number of aromatic amines is 2. The molecule has 0 unspecified atom stereocenters. The van der Waals surface area contributed by atoms with E-state index in [4.69, 9.17) is 0 Å². The molecule has 0 aliphatic heterocycles. The molecule has 0 radical (unpaired) electrons. The minimum atomic E-state index is -0.504. The maximum Gasteiger partial charge on any atom is 0.316 e. The van der Waals surface area contributed by atoms with Gasteiger partial charge in [0.25, 0.3) is 0 Å². The predicted octanol–water partition coefficient (Wildman–Crippen LogP) is 5.43. The molecule has 0 saturated carbocycles. The quantitative estimate of drug-likeness (QED) is 0.459. The topological polar surface area (TPSA) is 106 Å². The zero-order chi connectivity index (χ0) is 20.1. The van der Waals surface area contributed by atoms with Crippen molar-refractivity contribution in [2.75, 3.05) is 0 Å². The Balaban J connectivity index is 1.63. The Kier molecular flexibility index (Phi) is 4.61. The van der Waals surface area contributed by atoms with Crippen LogP contribution in [0.1, 0.15) is 48.9 Å². The normalized spacial score (nSPS) is 17.4. The van der Waals surface area contributed by atoms with Crippen molar-refractivity contribution in [1.82, 2.24) is 15.2 Å². The Hall–Kier alpha value is -2.48. The van der Waals surface area contributed by atoms with Gasteiger partial charge in [-0.05, 0) is 48.8 Å². The maximum absolute atomic E-state index is 12.7. The Labute approximate surface area is 170 Å². The number of azo groups is 1. The molecular weight excluding hydrogens is 422 g/mol. The molecule has 1 aliphatic carbocycles. The van der Waals surface area contributed by atoms with E-state index in [1.54, 1.807) is 0 Å². The van der Waals surface area contributed by atoms with Gasteiger partial charge in [0.2, 0.25) is 5.88 Å². The second kappa shape index (κ2) is 6.84. The monoisotopic (exact) mass is 443 g/mol. The number of nitrogens with zero attached hydrogens (tertiary/aromatic N) is 3. The van der Waals surface area contributed by atoms with Crippen molar-refractivity contribution in [3.63, 3.8) is 0 Å². The number of rotatable bonds is 2. The molecular formula is C20H22BrN5O2. The fraction of sp³-hybridized carbons (Fsp3) is 0.400. The number of aromatic nitrogens is 3. The highest BCUT2D eigenvalue weighted by molar-refractivity contribution is 9.10. The van der Waals surface area contributed by atoms with Crippen LogP contribution in [0, 0.1) is 11.3 Å². The number of carbonyl (C=O) groups is 1. The van der Waals surface area contributed by atoms with Gasteiger partial charge in [0.05, 0.1) is 5.52 Å². The summed E-state index contributed by atoms with van der Waals surface area (Å²) in [7, 11) is 0. The molecule has 7 nitrogen and oxygen atoms in total. The third kappa shape index (κ3) is 3.37. The van der Waals surface area contributed by atoms with E-state index in [0.717, 1.165) is 35.0 Å². The molecule has 8 heteroatoms. The average molecular weight is 444 g/mol. The van der Waals surface area contributed by atoms with Gasteiger partial charge in [-0.3, -0.25) is 9.89 Å². The molecule has 2 heterocycles. The number of carbonyl (C=O) groups excluding carboxylic acids is 1. The van der Waals surface area contributed by atoms with Crippen LogP contribution in [-0.2, 0) is 12.8 Å². The number of H-pyrrole nitrogens is 2. The summed E-state index contributed by atoms with van der Waals surface area (Å²) in [5.41, 5.74) is 3.40. The van der Waals surface area contributed by atoms with Gasteiger partial charge in [-0.2, -0.15) is 5.10 Å². The van der Waals surface area contributed by atoms with Crippen LogP contribution in [0.5, 0.6) is 5.88 Å². The van der Waals surface area contributed by atoms with E-state index in [1.807, 2.05) is 18.2 Å². The van der Waals surface area contributed by atoms with E-state index in [9.17, 15) is 9.90 Å². The van der Waals surface area contributed by atoms with Gasteiger partial charge in [0, 0.05) is 21.1 Å². The van der Waals surface area contributed by atoms with Crippen LogP contribution < -0.4 is 0 Å². The van der Waals surface area contributed by atoms with Gasteiger partial charge in [0.15, 0.2) is 11.4 Å². The zero-order valence-electron chi connectivity index (χ0n) is 16.0.